The monoisotopic (exact) mass is 189 g/mol. The summed E-state index contributed by atoms with van der Waals surface area (Å²) < 4.78 is 13.9. The average Bonchev–Trinajstić information content (AvgIpc) is 2.04. The van der Waals surface area contributed by atoms with Crippen molar-refractivity contribution in [2.75, 3.05) is 6.54 Å². The van der Waals surface area contributed by atoms with Crippen molar-refractivity contribution in [2.24, 2.45) is 11.1 Å². The molecule has 1 fully saturated rings. The van der Waals surface area contributed by atoms with Gasteiger partial charge in [-0.2, -0.15) is 0 Å². The van der Waals surface area contributed by atoms with Gasteiger partial charge in [-0.15, -0.1) is 0 Å². The first-order chi connectivity index (χ1) is 5.91. The molecule has 0 heterocycles. The van der Waals surface area contributed by atoms with Crippen LogP contribution in [0.1, 0.15) is 39.5 Å². The maximum atomic E-state index is 13.9. The number of hydrogen-bond donors (Lipinski definition) is 2. The lowest BCUT2D eigenvalue weighted by Crippen LogP contribution is -2.48. The molecule has 0 radical (unpaired) electrons. The van der Waals surface area contributed by atoms with Crippen LogP contribution in [-0.2, 0) is 0 Å². The van der Waals surface area contributed by atoms with E-state index in [9.17, 15) is 9.50 Å². The summed E-state index contributed by atoms with van der Waals surface area (Å²) in [6.07, 6.45) is 2.53. The van der Waals surface area contributed by atoms with Gasteiger partial charge in [-0.3, -0.25) is 0 Å². The number of nitrogens with two attached hydrogens (primary N) is 1. The lowest BCUT2D eigenvalue weighted by atomic mass is 9.65. The van der Waals surface area contributed by atoms with Crippen molar-refractivity contribution in [3.8, 4) is 0 Å². The Morgan fingerprint density at radius 3 is 2.23 bits per heavy atom. The molecule has 0 aromatic carbocycles. The van der Waals surface area contributed by atoms with E-state index in [1.165, 1.54) is 0 Å². The molecule has 0 aromatic rings. The number of alkyl halides is 1. The van der Waals surface area contributed by atoms with E-state index in [2.05, 4.69) is 0 Å². The van der Waals surface area contributed by atoms with Crippen molar-refractivity contribution in [2.45, 2.75) is 51.3 Å². The summed E-state index contributed by atoms with van der Waals surface area (Å²) in [5.41, 5.74) is 4.00. The van der Waals surface area contributed by atoms with Gasteiger partial charge in [-0.1, -0.05) is 0 Å². The highest BCUT2D eigenvalue weighted by Gasteiger charge is 2.46. The molecule has 78 valence electrons. The van der Waals surface area contributed by atoms with Crippen molar-refractivity contribution in [1.82, 2.24) is 0 Å². The van der Waals surface area contributed by atoms with Crippen LogP contribution in [0.3, 0.4) is 0 Å². The smallest absolute Gasteiger partial charge is 0.112 e. The normalized spacial score (nSPS) is 36.2. The Morgan fingerprint density at radius 2 is 1.92 bits per heavy atom. The Kier molecular flexibility index (Phi) is 2.98. The predicted molar refractivity (Wildman–Crippen MR) is 51.1 cm³/mol. The summed E-state index contributed by atoms with van der Waals surface area (Å²) in [6.45, 7) is 3.57. The van der Waals surface area contributed by atoms with Crippen molar-refractivity contribution >= 4 is 0 Å². The third-order valence-corrected chi connectivity index (χ3v) is 3.56. The van der Waals surface area contributed by atoms with E-state index in [1.807, 2.05) is 0 Å². The lowest BCUT2D eigenvalue weighted by Gasteiger charge is -2.45. The summed E-state index contributed by atoms with van der Waals surface area (Å²) in [6, 6.07) is 0. The van der Waals surface area contributed by atoms with Crippen LogP contribution < -0.4 is 5.73 Å². The molecule has 13 heavy (non-hydrogen) atoms. The van der Waals surface area contributed by atoms with Gasteiger partial charge in [-0.05, 0) is 39.5 Å². The summed E-state index contributed by atoms with van der Waals surface area (Å²) in [4.78, 5) is 0. The molecular formula is C10H20FNO. The molecule has 0 atom stereocenters. The van der Waals surface area contributed by atoms with Crippen LogP contribution in [0.4, 0.5) is 4.39 Å². The summed E-state index contributed by atoms with van der Waals surface area (Å²) in [7, 11) is 0. The molecule has 1 aliphatic carbocycles. The van der Waals surface area contributed by atoms with Gasteiger partial charge in [-0.25, -0.2) is 4.39 Å². The van der Waals surface area contributed by atoms with Crippen LogP contribution in [0.2, 0.25) is 0 Å². The highest BCUT2D eigenvalue weighted by atomic mass is 19.1. The maximum Gasteiger partial charge on any atom is 0.112 e. The molecule has 0 spiro atoms. The van der Waals surface area contributed by atoms with Gasteiger partial charge in [0.1, 0.15) is 5.67 Å². The number of halogens is 1. The number of rotatable bonds is 2. The van der Waals surface area contributed by atoms with E-state index in [0.717, 1.165) is 0 Å². The van der Waals surface area contributed by atoms with E-state index in [-0.39, 0.29) is 6.10 Å². The van der Waals surface area contributed by atoms with Crippen molar-refractivity contribution in [3.63, 3.8) is 0 Å². The number of aliphatic hydroxyl groups is 1. The SMILES string of the molecule is CC(C)(F)C1(CN)CCC(O)CC1. The standard InChI is InChI=1S/C10H20FNO/c1-9(2,11)10(7-12)5-3-8(13)4-6-10/h8,13H,3-7,12H2,1-2H3. The van der Waals surface area contributed by atoms with E-state index < -0.39 is 11.1 Å². The van der Waals surface area contributed by atoms with Crippen LogP contribution in [0.15, 0.2) is 0 Å². The Hall–Kier alpha value is -0.150. The quantitative estimate of drug-likeness (QED) is 0.693. The first kappa shape index (κ1) is 10.9. The van der Waals surface area contributed by atoms with Crippen LogP contribution in [0.25, 0.3) is 0 Å². The van der Waals surface area contributed by atoms with Crippen LogP contribution in [-0.4, -0.2) is 23.4 Å². The Balaban J connectivity index is 2.72. The van der Waals surface area contributed by atoms with Crippen LogP contribution >= 0.6 is 0 Å². The fraction of sp³-hybridized carbons (Fsp3) is 1.00. The highest BCUT2D eigenvalue weighted by molar-refractivity contribution is 4.97. The number of aliphatic hydroxyl groups excluding tert-OH is 1. The Labute approximate surface area is 79.3 Å². The molecule has 0 amide bonds. The van der Waals surface area contributed by atoms with Crippen LogP contribution in [0, 0.1) is 5.41 Å². The molecule has 1 aliphatic rings. The van der Waals surface area contributed by atoms with Gasteiger partial charge < -0.3 is 10.8 Å². The first-order valence-corrected chi connectivity index (χ1v) is 4.98. The van der Waals surface area contributed by atoms with E-state index in [1.54, 1.807) is 13.8 Å². The zero-order valence-electron chi connectivity index (χ0n) is 8.52. The van der Waals surface area contributed by atoms with Gasteiger partial charge in [0, 0.05) is 12.0 Å². The molecule has 0 unspecified atom stereocenters. The second-order valence-electron chi connectivity index (χ2n) is 4.69. The minimum Gasteiger partial charge on any atom is -0.393 e. The highest BCUT2D eigenvalue weighted by Crippen LogP contribution is 2.45. The largest absolute Gasteiger partial charge is 0.393 e. The maximum absolute atomic E-state index is 13.9. The molecule has 3 N–H and O–H groups in total. The molecule has 0 saturated heterocycles. The second-order valence-corrected chi connectivity index (χ2v) is 4.69. The molecular weight excluding hydrogens is 169 g/mol. The van der Waals surface area contributed by atoms with Gasteiger partial charge in [0.2, 0.25) is 0 Å². The lowest BCUT2D eigenvalue weighted by molar-refractivity contribution is -0.0331. The van der Waals surface area contributed by atoms with Gasteiger partial charge in [0.05, 0.1) is 6.10 Å². The number of hydrogen-bond acceptors (Lipinski definition) is 2. The average molecular weight is 189 g/mol. The molecule has 1 rings (SSSR count). The molecule has 2 nitrogen and oxygen atoms in total. The van der Waals surface area contributed by atoms with Gasteiger partial charge in [0.15, 0.2) is 0 Å². The summed E-state index contributed by atoms with van der Waals surface area (Å²) >= 11 is 0. The molecule has 0 aromatic heterocycles. The fourth-order valence-corrected chi connectivity index (χ4v) is 2.20. The minimum absolute atomic E-state index is 0.248. The Bertz CT molecular complexity index is 168. The predicted octanol–water partition coefficient (Wildman–Crippen LogP) is 1.61. The summed E-state index contributed by atoms with van der Waals surface area (Å²) in [5.74, 6) is 0. The molecule has 1 saturated carbocycles. The molecule has 0 aliphatic heterocycles. The van der Waals surface area contributed by atoms with E-state index in [4.69, 9.17) is 5.73 Å². The zero-order valence-corrected chi connectivity index (χ0v) is 8.52. The second kappa shape index (κ2) is 3.54. The van der Waals surface area contributed by atoms with Crippen molar-refractivity contribution in [1.29, 1.82) is 0 Å². The van der Waals surface area contributed by atoms with Gasteiger partial charge in [0.25, 0.3) is 0 Å². The summed E-state index contributed by atoms with van der Waals surface area (Å²) in [5, 5.41) is 9.34. The zero-order chi connectivity index (χ0) is 10.1. The van der Waals surface area contributed by atoms with E-state index >= 15 is 0 Å². The molecule has 3 heteroatoms. The third-order valence-electron chi connectivity index (χ3n) is 3.56. The minimum atomic E-state index is -1.23. The molecule has 0 bridgehead atoms. The van der Waals surface area contributed by atoms with E-state index in [0.29, 0.717) is 32.2 Å². The van der Waals surface area contributed by atoms with Crippen LogP contribution in [0.5, 0.6) is 0 Å². The first-order valence-electron chi connectivity index (χ1n) is 4.98. The fourth-order valence-electron chi connectivity index (χ4n) is 2.20. The Morgan fingerprint density at radius 1 is 1.46 bits per heavy atom. The third kappa shape index (κ3) is 2.02. The van der Waals surface area contributed by atoms with Crippen molar-refractivity contribution < 1.29 is 9.50 Å². The van der Waals surface area contributed by atoms with Gasteiger partial charge >= 0.3 is 0 Å². The van der Waals surface area contributed by atoms with Crippen molar-refractivity contribution in [3.05, 3.63) is 0 Å². The topological polar surface area (TPSA) is 46.2 Å².